The van der Waals surface area contributed by atoms with Gasteiger partial charge in [0, 0.05) is 26.2 Å². The Morgan fingerprint density at radius 1 is 0.760 bits per heavy atom. The van der Waals surface area contributed by atoms with Gasteiger partial charge in [-0.2, -0.15) is 0 Å². The molecule has 1 rings (SSSR count). The molecule has 1 atom stereocenters. The first-order chi connectivity index (χ1) is 12.4. The zero-order chi connectivity index (χ0) is 18.0. The Kier molecular flexibility index (Phi) is 15.4. The normalized spacial score (nSPS) is 16.8. The molecule has 1 aliphatic rings. The predicted octanol–water partition coefficient (Wildman–Crippen LogP) is 5.24. The molecule has 0 saturated carbocycles. The zero-order valence-electron chi connectivity index (χ0n) is 16.9. The van der Waals surface area contributed by atoms with Crippen molar-refractivity contribution in [3.8, 4) is 0 Å². The van der Waals surface area contributed by atoms with Crippen LogP contribution in [0.15, 0.2) is 0 Å². The van der Waals surface area contributed by atoms with Crippen molar-refractivity contribution in [3.63, 3.8) is 0 Å². The minimum absolute atomic E-state index is 0.0411. The van der Waals surface area contributed by atoms with Crippen molar-refractivity contribution in [1.29, 1.82) is 0 Å². The second-order valence-electron chi connectivity index (χ2n) is 7.80. The average Bonchev–Trinajstić information content (AvgIpc) is 2.66. The standard InChI is InChI=1S/C22H43N2O/c1-2-3-4-5-6-7-8-9-10-11-12-13-14-15-16-22(21-25)24-19-17-23-18-20-24/h22-23H,2-20H2,1H3. The van der Waals surface area contributed by atoms with Gasteiger partial charge in [-0.1, -0.05) is 96.8 Å². The second-order valence-corrected chi connectivity index (χ2v) is 7.80. The van der Waals surface area contributed by atoms with Crippen molar-refractivity contribution in [1.82, 2.24) is 10.2 Å². The number of hydrogen-bond acceptors (Lipinski definition) is 3. The highest BCUT2D eigenvalue weighted by Gasteiger charge is 2.19. The highest BCUT2D eigenvalue weighted by atomic mass is 16.1. The molecule has 25 heavy (non-hydrogen) atoms. The molecule has 1 saturated heterocycles. The number of piperazine rings is 1. The highest BCUT2D eigenvalue weighted by molar-refractivity contribution is 5.58. The van der Waals surface area contributed by atoms with Crippen LogP contribution in [0.3, 0.4) is 0 Å². The van der Waals surface area contributed by atoms with Gasteiger partial charge in [0.05, 0.1) is 6.04 Å². The largest absolute Gasteiger partial charge is 0.314 e. The molecule has 0 amide bonds. The minimum atomic E-state index is 0.0411. The summed E-state index contributed by atoms with van der Waals surface area (Å²) in [5.74, 6) is 0. The number of nitrogens with one attached hydrogen (secondary N) is 1. The van der Waals surface area contributed by atoms with Crippen LogP contribution in [0.25, 0.3) is 0 Å². The Balaban J connectivity index is 1.81. The highest BCUT2D eigenvalue weighted by Crippen LogP contribution is 2.14. The van der Waals surface area contributed by atoms with Crippen LogP contribution in [0.5, 0.6) is 0 Å². The Labute approximate surface area is 157 Å². The first-order valence-electron chi connectivity index (χ1n) is 11.2. The maximum Gasteiger partial charge on any atom is 0.217 e. The van der Waals surface area contributed by atoms with E-state index in [0.717, 1.165) is 32.6 Å². The molecular weight excluding hydrogens is 308 g/mol. The van der Waals surface area contributed by atoms with E-state index < -0.39 is 0 Å². The summed E-state index contributed by atoms with van der Waals surface area (Å²) in [5, 5.41) is 3.34. The van der Waals surface area contributed by atoms with E-state index in [1.54, 1.807) is 0 Å². The molecule has 0 bridgehead atoms. The first kappa shape index (κ1) is 22.6. The summed E-state index contributed by atoms with van der Waals surface area (Å²) in [4.78, 5) is 13.5. The Morgan fingerprint density at radius 3 is 1.64 bits per heavy atom. The van der Waals surface area contributed by atoms with Gasteiger partial charge in [-0.15, -0.1) is 0 Å². The molecule has 147 valence electrons. The fraction of sp³-hybridized carbons (Fsp3) is 0.955. The molecule has 3 nitrogen and oxygen atoms in total. The van der Waals surface area contributed by atoms with Crippen molar-refractivity contribution in [2.75, 3.05) is 26.2 Å². The summed E-state index contributed by atoms with van der Waals surface area (Å²) in [6, 6.07) is 0.0411. The van der Waals surface area contributed by atoms with Crippen molar-refractivity contribution >= 4 is 6.29 Å². The molecular formula is C22H43N2O. The van der Waals surface area contributed by atoms with E-state index >= 15 is 0 Å². The van der Waals surface area contributed by atoms with E-state index in [2.05, 4.69) is 23.4 Å². The van der Waals surface area contributed by atoms with Crippen molar-refractivity contribution < 1.29 is 4.79 Å². The SMILES string of the molecule is CCCCCCCCCCCCCCCCC([C]=O)N1CCNCC1. The fourth-order valence-corrected chi connectivity index (χ4v) is 3.84. The molecule has 1 fully saturated rings. The van der Waals surface area contributed by atoms with Gasteiger partial charge in [0.15, 0.2) is 0 Å². The number of carbonyl (C=O) groups excluding carboxylic acids is 1. The molecule has 0 spiro atoms. The Bertz CT molecular complexity index is 290. The lowest BCUT2D eigenvalue weighted by molar-refractivity contribution is 0.199. The predicted molar refractivity (Wildman–Crippen MR) is 109 cm³/mol. The summed E-state index contributed by atoms with van der Waals surface area (Å²) in [6.07, 6.45) is 22.7. The topological polar surface area (TPSA) is 32.3 Å². The van der Waals surface area contributed by atoms with Gasteiger partial charge in [0.1, 0.15) is 0 Å². The van der Waals surface area contributed by atoms with Gasteiger partial charge in [-0.25, -0.2) is 0 Å². The van der Waals surface area contributed by atoms with E-state index in [9.17, 15) is 4.79 Å². The monoisotopic (exact) mass is 351 g/mol. The van der Waals surface area contributed by atoms with E-state index in [0.29, 0.717) is 0 Å². The van der Waals surface area contributed by atoms with Crippen molar-refractivity contribution in [2.24, 2.45) is 0 Å². The first-order valence-corrected chi connectivity index (χ1v) is 11.2. The lowest BCUT2D eigenvalue weighted by Crippen LogP contribution is -2.49. The fourth-order valence-electron chi connectivity index (χ4n) is 3.84. The summed E-state index contributed by atoms with van der Waals surface area (Å²) >= 11 is 0. The molecule has 1 heterocycles. The third-order valence-electron chi connectivity index (χ3n) is 5.56. The lowest BCUT2D eigenvalue weighted by Gasteiger charge is -2.31. The number of nitrogens with zero attached hydrogens (tertiary/aromatic N) is 1. The Morgan fingerprint density at radius 2 is 1.20 bits per heavy atom. The second kappa shape index (κ2) is 17.0. The summed E-state index contributed by atoms with van der Waals surface area (Å²) in [5.41, 5.74) is 0. The van der Waals surface area contributed by atoms with Crippen LogP contribution in [-0.2, 0) is 4.79 Å². The molecule has 0 aliphatic carbocycles. The van der Waals surface area contributed by atoms with E-state index in [4.69, 9.17) is 0 Å². The molecule has 1 unspecified atom stereocenters. The lowest BCUT2D eigenvalue weighted by atomic mass is 10.0. The maximum atomic E-state index is 11.2. The molecule has 0 aromatic carbocycles. The molecule has 3 heteroatoms. The molecule has 1 aliphatic heterocycles. The van der Waals surface area contributed by atoms with Gasteiger partial charge in [0.25, 0.3) is 0 Å². The summed E-state index contributed by atoms with van der Waals surface area (Å²) in [7, 11) is 0. The zero-order valence-corrected chi connectivity index (χ0v) is 16.9. The van der Waals surface area contributed by atoms with Crippen LogP contribution >= 0.6 is 0 Å². The average molecular weight is 352 g/mol. The third-order valence-corrected chi connectivity index (χ3v) is 5.56. The van der Waals surface area contributed by atoms with Crippen LogP contribution in [0.4, 0.5) is 0 Å². The maximum absolute atomic E-state index is 11.2. The minimum Gasteiger partial charge on any atom is -0.314 e. The van der Waals surface area contributed by atoms with Crippen molar-refractivity contribution in [2.45, 2.75) is 109 Å². The van der Waals surface area contributed by atoms with Gasteiger partial charge in [-0.05, 0) is 6.42 Å². The van der Waals surface area contributed by atoms with Gasteiger partial charge in [0.2, 0.25) is 6.29 Å². The third kappa shape index (κ3) is 12.6. The number of hydrogen-bond donors (Lipinski definition) is 1. The van der Waals surface area contributed by atoms with Crippen molar-refractivity contribution in [3.05, 3.63) is 0 Å². The molecule has 1 radical (unpaired) electrons. The smallest absolute Gasteiger partial charge is 0.217 e. The number of unbranched alkanes of at least 4 members (excludes halogenated alkanes) is 13. The van der Waals surface area contributed by atoms with E-state index in [-0.39, 0.29) is 6.04 Å². The van der Waals surface area contributed by atoms with Crippen LogP contribution in [0.1, 0.15) is 103 Å². The molecule has 1 N–H and O–H groups in total. The molecule has 0 aromatic heterocycles. The summed E-state index contributed by atoms with van der Waals surface area (Å²) in [6.45, 7) is 6.30. The van der Waals surface area contributed by atoms with Crippen LogP contribution < -0.4 is 5.32 Å². The molecule has 0 aromatic rings. The van der Waals surface area contributed by atoms with E-state index in [1.165, 1.54) is 89.9 Å². The van der Waals surface area contributed by atoms with Crippen LogP contribution in [0, 0.1) is 0 Å². The Hall–Kier alpha value is -0.410. The van der Waals surface area contributed by atoms with Gasteiger partial charge in [-0.3, -0.25) is 9.69 Å². The van der Waals surface area contributed by atoms with Crippen LogP contribution in [-0.4, -0.2) is 43.4 Å². The summed E-state index contributed by atoms with van der Waals surface area (Å²) < 4.78 is 0. The quantitative estimate of drug-likeness (QED) is 0.364. The van der Waals surface area contributed by atoms with Gasteiger partial charge >= 0.3 is 0 Å². The number of rotatable bonds is 17. The van der Waals surface area contributed by atoms with Gasteiger partial charge < -0.3 is 5.32 Å². The van der Waals surface area contributed by atoms with E-state index in [1.807, 2.05) is 0 Å². The van der Waals surface area contributed by atoms with Crippen LogP contribution in [0.2, 0.25) is 0 Å².